The predicted molar refractivity (Wildman–Crippen MR) is 124 cm³/mol. The van der Waals surface area contributed by atoms with Crippen LogP contribution in [0.1, 0.15) is 44.9 Å². The van der Waals surface area contributed by atoms with Crippen molar-refractivity contribution in [3.63, 3.8) is 0 Å². The van der Waals surface area contributed by atoms with E-state index in [4.69, 9.17) is 28.7 Å². The summed E-state index contributed by atoms with van der Waals surface area (Å²) in [5.74, 6) is -4.25. The molecule has 0 aromatic heterocycles. The van der Waals surface area contributed by atoms with Crippen LogP contribution in [0.4, 0.5) is 0 Å². The average molecular weight is 488 g/mol. The fourth-order valence-electron chi connectivity index (χ4n) is 2.77. The van der Waals surface area contributed by atoms with Crippen LogP contribution in [0.2, 0.25) is 0 Å². The summed E-state index contributed by atoms with van der Waals surface area (Å²) in [7, 11) is 0. The third-order valence-electron chi connectivity index (χ3n) is 4.62. The Labute approximate surface area is 197 Å². The molecule has 0 aliphatic heterocycles. The van der Waals surface area contributed by atoms with Gasteiger partial charge in [0.1, 0.15) is 12.1 Å². The van der Waals surface area contributed by atoms with E-state index in [9.17, 15) is 29.1 Å². The summed E-state index contributed by atoms with van der Waals surface area (Å²) < 4.78 is 0. The van der Waals surface area contributed by atoms with E-state index >= 15 is 0 Å². The van der Waals surface area contributed by atoms with Gasteiger partial charge in [0, 0.05) is 13.0 Å². The highest BCUT2D eigenvalue weighted by molar-refractivity contribution is 5.92. The van der Waals surface area contributed by atoms with Crippen molar-refractivity contribution in [2.24, 2.45) is 33.7 Å². The molecule has 0 aliphatic carbocycles. The minimum absolute atomic E-state index is 0.0203. The first kappa shape index (κ1) is 30.5. The summed E-state index contributed by atoms with van der Waals surface area (Å²) in [6.45, 7) is 0.174. The van der Waals surface area contributed by atoms with Crippen LogP contribution < -0.4 is 44.6 Å². The minimum Gasteiger partial charge on any atom is -0.480 e. The zero-order valence-electron chi connectivity index (χ0n) is 19.1. The highest BCUT2D eigenvalue weighted by Crippen LogP contribution is 2.03. The van der Waals surface area contributed by atoms with Gasteiger partial charge < -0.3 is 49.7 Å². The number of primary amides is 1. The Bertz CT molecular complexity index is 727. The second-order valence-electron chi connectivity index (χ2n) is 7.58. The van der Waals surface area contributed by atoms with Gasteiger partial charge in [-0.05, 0) is 38.6 Å². The molecule has 0 spiro atoms. The molecule has 3 unspecified atom stereocenters. The fourth-order valence-corrected chi connectivity index (χ4v) is 2.77. The Hall–Kier alpha value is -3.46. The van der Waals surface area contributed by atoms with E-state index in [0.717, 1.165) is 0 Å². The van der Waals surface area contributed by atoms with Crippen LogP contribution in [-0.2, 0) is 24.0 Å². The summed E-state index contributed by atoms with van der Waals surface area (Å²) in [6.07, 6.45) is 1.65. The topological polar surface area (TPSA) is 284 Å². The predicted octanol–water partition coefficient (Wildman–Crippen LogP) is -4.07. The maximum atomic E-state index is 12.6. The van der Waals surface area contributed by atoms with Crippen molar-refractivity contribution in [3.05, 3.63) is 0 Å². The molecule has 0 bridgehead atoms. The van der Waals surface area contributed by atoms with Gasteiger partial charge in [-0.3, -0.25) is 24.2 Å². The molecule has 3 atom stereocenters. The smallest absolute Gasteiger partial charge is 0.326 e. The highest BCUT2D eigenvalue weighted by atomic mass is 16.4. The van der Waals surface area contributed by atoms with Crippen LogP contribution in [0, 0.1) is 0 Å². The van der Waals surface area contributed by atoms with Crippen LogP contribution in [0.3, 0.4) is 0 Å². The number of carbonyl (C=O) groups is 5. The van der Waals surface area contributed by atoms with Gasteiger partial charge in [-0.1, -0.05) is 6.42 Å². The van der Waals surface area contributed by atoms with Gasteiger partial charge in [0.25, 0.3) is 0 Å². The Morgan fingerprint density at radius 3 is 2.09 bits per heavy atom. The van der Waals surface area contributed by atoms with Crippen molar-refractivity contribution >= 4 is 35.6 Å². The number of carbonyl (C=O) groups excluding carboxylic acids is 4. The Morgan fingerprint density at radius 2 is 1.53 bits per heavy atom. The number of carboxylic acids is 1. The average Bonchev–Trinajstić information content (AvgIpc) is 2.76. The maximum absolute atomic E-state index is 12.6. The van der Waals surface area contributed by atoms with Gasteiger partial charge in [-0.2, -0.15) is 0 Å². The number of hydrogen-bond acceptors (Lipinski definition) is 8. The summed E-state index contributed by atoms with van der Waals surface area (Å²) in [5, 5.41) is 16.4. The number of nitrogens with zero attached hydrogens (tertiary/aromatic N) is 1. The molecule has 0 rings (SSSR count). The van der Waals surface area contributed by atoms with Gasteiger partial charge in [-0.25, -0.2) is 4.79 Å². The normalized spacial score (nSPS) is 13.1. The lowest BCUT2D eigenvalue weighted by Gasteiger charge is -2.21. The largest absolute Gasteiger partial charge is 0.480 e. The van der Waals surface area contributed by atoms with Crippen LogP contribution in [-0.4, -0.2) is 78.4 Å². The lowest BCUT2D eigenvalue weighted by molar-refractivity contribution is -0.142. The lowest BCUT2D eigenvalue weighted by atomic mass is 10.1. The number of nitrogens with one attached hydrogen (secondary N) is 3. The van der Waals surface area contributed by atoms with E-state index in [0.29, 0.717) is 25.8 Å². The number of carboxylic acid groups (broad SMARTS) is 1. The van der Waals surface area contributed by atoms with E-state index < -0.39 is 54.3 Å². The molecule has 0 saturated heterocycles. The molecule has 0 aromatic carbocycles. The molecule has 0 heterocycles. The molecule has 0 fully saturated rings. The molecular formula is C19H37N9O6. The SMILES string of the molecule is NCCCCC(N)C(=O)NCC(=O)NC(CCC(N)=O)C(=O)NC(CCCN=C(N)N)C(=O)O. The molecule has 15 heteroatoms. The van der Waals surface area contributed by atoms with Crippen LogP contribution in [0.25, 0.3) is 0 Å². The summed E-state index contributed by atoms with van der Waals surface area (Å²) in [5.41, 5.74) is 26.7. The van der Waals surface area contributed by atoms with Crippen molar-refractivity contribution < 1.29 is 29.1 Å². The van der Waals surface area contributed by atoms with E-state index in [1.54, 1.807) is 0 Å². The zero-order valence-corrected chi connectivity index (χ0v) is 19.1. The Morgan fingerprint density at radius 1 is 0.853 bits per heavy atom. The summed E-state index contributed by atoms with van der Waals surface area (Å²) in [6, 6.07) is -3.35. The van der Waals surface area contributed by atoms with Crippen molar-refractivity contribution in [1.82, 2.24) is 16.0 Å². The molecule has 14 N–H and O–H groups in total. The van der Waals surface area contributed by atoms with E-state index in [-0.39, 0.29) is 38.2 Å². The fraction of sp³-hybridized carbons (Fsp3) is 0.684. The number of guanidine groups is 1. The third kappa shape index (κ3) is 14.6. The quantitative estimate of drug-likeness (QED) is 0.0511. The van der Waals surface area contributed by atoms with Gasteiger partial charge in [-0.15, -0.1) is 0 Å². The van der Waals surface area contributed by atoms with Crippen LogP contribution >= 0.6 is 0 Å². The Balaban J connectivity index is 4.92. The van der Waals surface area contributed by atoms with Crippen molar-refractivity contribution in [2.45, 2.75) is 63.1 Å². The van der Waals surface area contributed by atoms with Gasteiger partial charge >= 0.3 is 5.97 Å². The number of unbranched alkanes of at least 4 members (excludes halogenated alkanes) is 1. The second-order valence-corrected chi connectivity index (χ2v) is 7.58. The number of nitrogens with two attached hydrogens (primary N) is 5. The zero-order chi connectivity index (χ0) is 26.1. The van der Waals surface area contributed by atoms with Crippen LogP contribution in [0.15, 0.2) is 4.99 Å². The van der Waals surface area contributed by atoms with E-state index in [2.05, 4.69) is 20.9 Å². The van der Waals surface area contributed by atoms with Crippen molar-refractivity contribution in [1.29, 1.82) is 0 Å². The first-order valence-electron chi connectivity index (χ1n) is 10.9. The minimum atomic E-state index is -1.30. The number of aliphatic carboxylic acids is 1. The number of aliphatic imine (C=N–C) groups is 1. The molecular weight excluding hydrogens is 450 g/mol. The molecule has 0 saturated carbocycles. The second kappa shape index (κ2) is 17.1. The number of rotatable bonds is 18. The summed E-state index contributed by atoms with van der Waals surface area (Å²) >= 11 is 0. The number of hydrogen-bond donors (Lipinski definition) is 9. The van der Waals surface area contributed by atoms with Crippen molar-refractivity contribution in [2.75, 3.05) is 19.6 Å². The van der Waals surface area contributed by atoms with Gasteiger partial charge in [0.2, 0.25) is 23.6 Å². The van der Waals surface area contributed by atoms with Crippen LogP contribution in [0.5, 0.6) is 0 Å². The van der Waals surface area contributed by atoms with Crippen molar-refractivity contribution in [3.8, 4) is 0 Å². The lowest BCUT2D eigenvalue weighted by Crippen LogP contribution is -2.54. The summed E-state index contributed by atoms with van der Waals surface area (Å²) in [4.78, 5) is 63.2. The monoisotopic (exact) mass is 487 g/mol. The van der Waals surface area contributed by atoms with E-state index in [1.165, 1.54) is 0 Å². The molecule has 0 radical (unpaired) electrons. The third-order valence-corrected chi connectivity index (χ3v) is 4.62. The molecule has 0 aliphatic rings. The standard InChI is InChI=1S/C19H37N9O6/c20-8-2-1-4-11(21)16(31)26-10-15(30)27-12(6-7-14(22)29)17(32)28-13(18(33)34)5-3-9-25-19(23)24/h11-13H,1-10,20-21H2,(H2,22,29)(H,26,31)(H,27,30)(H,28,32)(H,33,34)(H4,23,24,25). The maximum Gasteiger partial charge on any atom is 0.326 e. The molecule has 15 nitrogen and oxygen atoms in total. The van der Waals surface area contributed by atoms with Gasteiger partial charge in [0.05, 0.1) is 12.6 Å². The van der Waals surface area contributed by atoms with Gasteiger partial charge in [0.15, 0.2) is 5.96 Å². The molecule has 4 amide bonds. The Kier molecular flexibility index (Phi) is 15.3. The highest BCUT2D eigenvalue weighted by Gasteiger charge is 2.27. The molecule has 0 aromatic rings. The first-order chi connectivity index (χ1) is 16.0. The van der Waals surface area contributed by atoms with E-state index in [1.807, 2.05) is 0 Å². The molecule has 34 heavy (non-hydrogen) atoms. The first-order valence-corrected chi connectivity index (χ1v) is 10.9. The molecule has 194 valence electrons. The number of amides is 4.